The summed E-state index contributed by atoms with van der Waals surface area (Å²) >= 11 is 3.51. The predicted molar refractivity (Wildman–Crippen MR) is 105 cm³/mol. The standard InChI is InChI=1S/C22H17BrO/c1-24-19-10-11-21-17(12-15-6-8-18(23)9-7-15)13-16-4-2-3-5-20(16)22(21)14-19/h2-11,13-14H,12H2,1H3. The van der Waals surface area contributed by atoms with Gasteiger partial charge in [0.2, 0.25) is 0 Å². The fourth-order valence-electron chi connectivity index (χ4n) is 3.26. The molecule has 24 heavy (non-hydrogen) atoms. The second-order valence-electron chi connectivity index (χ2n) is 5.97. The molecule has 0 aromatic heterocycles. The minimum Gasteiger partial charge on any atom is -0.497 e. The number of hydrogen-bond acceptors (Lipinski definition) is 1. The van der Waals surface area contributed by atoms with Crippen molar-refractivity contribution >= 4 is 37.5 Å². The Balaban J connectivity index is 1.94. The van der Waals surface area contributed by atoms with E-state index >= 15 is 0 Å². The van der Waals surface area contributed by atoms with Crippen molar-refractivity contribution < 1.29 is 4.74 Å². The molecule has 0 aliphatic rings. The van der Waals surface area contributed by atoms with Gasteiger partial charge in [-0.3, -0.25) is 0 Å². The number of benzene rings is 4. The lowest BCUT2D eigenvalue weighted by Crippen LogP contribution is -1.92. The van der Waals surface area contributed by atoms with Gasteiger partial charge in [-0.1, -0.05) is 64.5 Å². The molecule has 0 spiro atoms. The van der Waals surface area contributed by atoms with Gasteiger partial charge in [0.05, 0.1) is 7.11 Å². The van der Waals surface area contributed by atoms with Gasteiger partial charge in [-0.25, -0.2) is 0 Å². The van der Waals surface area contributed by atoms with Gasteiger partial charge in [0, 0.05) is 4.47 Å². The SMILES string of the molecule is COc1ccc2c(Cc3ccc(Br)cc3)cc3ccccc3c2c1. The fourth-order valence-corrected chi connectivity index (χ4v) is 3.52. The highest BCUT2D eigenvalue weighted by Crippen LogP contribution is 2.32. The van der Waals surface area contributed by atoms with E-state index < -0.39 is 0 Å². The van der Waals surface area contributed by atoms with Gasteiger partial charge in [0.25, 0.3) is 0 Å². The number of ether oxygens (including phenoxy) is 1. The topological polar surface area (TPSA) is 9.23 Å². The number of fused-ring (bicyclic) bond motifs is 3. The zero-order valence-electron chi connectivity index (χ0n) is 13.4. The summed E-state index contributed by atoms with van der Waals surface area (Å²) in [7, 11) is 1.72. The van der Waals surface area contributed by atoms with Gasteiger partial charge in [-0.05, 0) is 63.4 Å². The van der Waals surface area contributed by atoms with E-state index in [0.717, 1.165) is 16.6 Å². The van der Waals surface area contributed by atoms with Crippen LogP contribution >= 0.6 is 15.9 Å². The molecule has 0 N–H and O–H groups in total. The third kappa shape index (κ3) is 2.78. The highest BCUT2D eigenvalue weighted by molar-refractivity contribution is 9.10. The van der Waals surface area contributed by atoms with Gasteiger partial charge in [-0.15, -0.1) is 0 Å². The van der Waals surface area contributed by atoms with E-state index in [1.54, 1.807) is 7.11 Å². The molecule has 1 nitrogen and oxygen atoms in total. The lowest BCUT2D eigenvalue weighted by atomic mass is 9.93. The quantitative estimate of drug-likeness (QED) is 0.378. The molecular weight excluding hydrogens is 360 g/mol. The Morgan fingerprint density at radius 2 is 1.58 bits per heavy atom. The van der Waals surface area contributed by atoms with E-state index in [4.69, 9.17) is 4.74 Å². The Labute approximate surface area is 150 Å². The summed E-state index contributed by atoms with van der Waals surface area (Å²) in [5, 5.41) is 5.08. The van der Waals surface area contributed by atoms with E-state index in [9.17, 15) is 0 Å². The Hall–Kier alpha value is -2.32. The highest BCUT2D eigenvalue weighted by atomic mass is 79.9. The van der Waals surface area contributed by atoms with Crippen LogP contribution in [-0.2, 0) is 6.42 Å². The molecule has 0 aliphatic carbocycles. The molecular formula is C22H17BrO. The van der Waals surface area contributed by atoms with Crippen LogP contribution in [0.5, 0.6) is 5.75 Å². The Bertz CT molecular complexity index is 1020. The molecule has 118 valence electrons. The maximum atomic E-state index is 5.44. The molecule has 0 amide bonds. The first-order chi connectivity index (χ1) is 11.7. The van der Waals surface area contributed by atoms with Crippen molar-refractivity contribution in [1.29, 1.82) is 0 Å². The normalized spacial score (nSPS) is 11.1. The van der Waals surface area contributed by atoms with Crippen LogP contribution in [0.1, 0.15) is 11.1 Å². The summed E-state index contributed by atoms with van der Waals surface area (Å²) in [6.45, 7) is 0. The first-order valence-electron chi connectivity index (χ1n) is 7.97. The average molecular weight is 377 g/mol. The third-order valence-electron chi connectivity index (χ3n) is 4.46. The lowest BCUT2D eigenvalue weighted by molar-refractivity contribution is 0.415. The van der Waals surface area contributed by atoms with E-state index in [1.165, 1.54) is 32.7 Å². The maximum absolute atomic E-state index is 5.44. The van der Waals surface area contributed by atoms with Gasteiger partial charge in [0.15, 0.2) is 0 Å². The summed E-state index contributed by atoms with van der Waals surface area (Å²) in [6, 6.07) is 25.8. The lowest BCUT2D eigenvalue weighted by Gasteiger charge is -2.12. The van der Waals surface area contributed by atoms with E-state index in [1.807, 2.05) is 6.07 Å². The fraction of sp³-hybridized carbons (Fsp3) is 0.0909. The van der Waals surface area contributed by atoms with Gasteiger partial charge in [-0.2, -0.15) is 0 Å². The Morgan fingerprint density at radius 1 is 0.792 bits per heavy atom. The third-order valence-corrected chi connectivity index (χ3v) is 4.99. The number of halogens is 1. The molecule has 4 aromatic carbocycles. The van der Waals surface area contributed by atoms with Crippen molar-refractivity contribution in [2.75, 3.05) is 7.11 Å². The van der Waals surface area contributed by atoms with Gasteiger partial charge >= 0.3 is 0 Å². The second-order valence-corrected chi connectivity index (χ2v) is 6.89. The summed E-state index contributed by atoms with van der Waals surface area (Å²) in [5.41, 5.74) is 2.65. The van der Waals surface area contributed by atoms with Crippen LogP contribution < -0.4 is 4.74 Å². The van der Waals surface area contributed by atoms with Crippen molar-refractivity contribution in [2.24, 2.45) is 0 Å². The molecule has 4 aromatic rings. The average Bonchev–Trinajstić information content (AvgIpc) is 2.63. The predicted octanol–water partition coefficient (Wildman–Crippen LogP) is 6.35. The van der Waals surface area contributed by atoms with Gasteiger partial charge in [0.1, 0.15) is 5.75 Å². The largest absolute Gasteiger partial charge is 0.497 e. The van der Waals surface area contributed by atoms with Crippen LogP contribution in [0, 0.1) is 0 Å². The molecule has 0 atom stereocenters. The molecule has 0 bridgehead atoms. The molecule has 0 aliphatic heterocycles. The zero-order valence-corrected chi connectivity index (χ0v) is 15.0. The Kier molecular flexibility index (Phi) is 3.99. The number of methoxy groups -OCH3 is 1. The smallest absolute Gasteiger partial charge is 0.119 e. The van der Waals surface area contributed by atoms with Crippen molar-refractivity contribution in [3.63, 3.8) is 0 Å². The van der Waals surface area contributed by atoms with Crippen molar-refractivity contribution in [3.05, 3.63) is 88.4 Å². The molecule has 0 radical (unpaired) electrons. The van der Waals surface area contributed by atoms with Crippen molar-refractivity contribution in [2.45, 2.75) is 6.42 Å². The second kappa shape index (κ2) is 6.29. The van der Waals surface area contributed by atoms with Crippen LogP contribution in [0.3, 0.4) is 0 Å². The van der Waals surface area contributed by atoms with Crippen LogP contribution in [-0.4, -0.2) is 7.11 Å². The molecule has 0 fully saturated rings. The van der Waals surface area contributed by atoms with Crippen LogP contribution in [0.2, 0.25) is 0 Å². The molecule has 2 heteroatoms. The first kappa shape index (κ1) is 15.2. The van der Waals surface area contributed by atoms with E-state index in [0.29, 0.717) is 0 Å². The van der Waals surface area contributed by atoms with Crippen molar-refractivity contribution in [1.82, 2.24) is 0 Å². The monoisotopic (exact) mass is 376 g/mol. The minimum atomic E-state index is 0.897. The first-order valence-corrected chi connectivity index (χ1v) is 8.77. The van der Waals surface area contributed by atoms with Gasteiger partial charge < -0.3 is 4.74 Å². The van der Waals surface area contributed by atoms with Crippen LogP contribution in [0.4, 0.5) is 0 Å². The summed E-state index contributed by atoms with van der Waals surface area (Å²) in [5.74, 6) is 0.897. The number of hydrogen-bond donors (Lipinski definition) is 0. The molecule has 4 rings (SSSR count). The highest BCUT2D eigenvalue weighted by Gasteiger charge is 2.08. The Morgan fingerprint density at radius 3 is 2.38 bits per heavy atom. The van der Waals surface area contributed by atoms with E-state index in [2.05, 4.69) is 82.7 Å². The summed E-state index contributed by atoms with van der Waals surface area (Å²) in [6.07, 6.45) is 0.918. The molecule has 0 saturated carbocycles. The zero-order chi connectivity index (χ0) is 16.5. The molecule has 0 heterocycles. The minimum absolute atomic E-state index is 0.897. The molecule has 0 saturated heterocycles. The summed E-state index contributed by atoms with van der Waals surface area (Å²) < 4.78 is 6.55. The van der Waals surface area contributed by atoms with Crippen LogP contribution in [0.25, 0.3) is 21.5 Å². The number of rotatable bonds is 3. The van der Waals surface area contributed by atoms with Crippen molar-refractivity contribution in [3.8, 4) is 5.75 Å². The molecule has 0 unspecified atom stereocenters. The summed E-state index contributed by atoms with van der Waals surface area (Å²) in [4.78, 5) is 0. The van der Waals surface area contributed by atoms with Crippen LogP contribution in [0.15, 0.2) is 77.3 Å². The van der Waals surface area contributed by atoms with E-state index in [-0.39, 0.29) is 0 Å². The maximum Gasteiger partial charge on any atom is 0.119 e.